The summed E-state index contributed by atoms with van der Waals surface area (Å²) < 4.78 is 23.0. The van der Waals surface area contributed by atoms with Crippen LogP contribution in [-0.2, 0) is 10.0 Å². The number of nitrogens with one attached hydrogen (secondary N) is 1. The van der Waals surface area contributed by atoms with Crippen molar-refractivity contribution < 1.29 is 13.2 Å². The number of nitrogens with two attached hydrogens (primary N) is 2. The quantitative estimate of drug-likeness (QED) is 0.745. The lowest BCUT2D eigenvalue weighted by Gasteiger charge is -2.10. The number of hydrogen-bond acceptors (Lipinski definition) is 4. The first-order valence-corrected chi connectivity index (χ1v) is 7.63. The summed E-state index contributed by atoms with van der Waals surface area (Å²) in [7, 11) is -3.92. The highest BCUT2D eigenvalue weighted by atomic mass is 32.2. The third-order valence-corrected chi connectivity index (χ3v) is 3.95. The molecule has 0 bridgehead atoms. The maximum absolute atomic E-state index is 12.2. The van der Waals surface area contributed by atoms with E-state index in [9.17, 15) is 13.2 Å². The highest BCUT2D eigenvalue weighted by Gasteiger charge is 2.16. The fraction of sp³-hybridized carbons (Fsp3) is 0.0714. The molecule has 0 aliphatic carbocycles. The average molecular weight is 305 g/mol. The first-order valence-electron chi connectivity index (χ1n) is 6.08. The Hall–Kier alpha value is -2.38. The van der Waals surface area contributed by atoms with E-state index in [1.54, 1.807) is 18.2 Å². The van der Waals surface area contributed by atoms with Crippen LogP contribution < -0.4 is 16.2 Å². The van der Waals surface area contributed by atoms with Gasteiger partial charge in [-0.25, -0.2) is 13.6 Å². The van der Waals surface area contributed by atoms with Crippen molar-refractivity contribution in [2.24, 2.45) is 5.14 Å². The molecule has 7 heteroatoms. The van der Waals surface area contributed by atoms with E-state index in [1.165, 1.54) is 24.3 Å². The first-order chi connectivity index (χ1) is 9.79. The smallest absolute Gasteiger partial charge is 0.255 e. The van der Waals surface area contributed by atoms with Gasteiger partial charge in [-0.3, -0.25) is 4.79 Å². The Labute approximate surface area is 122 Å². The minimum absolute atomic E-state index is 0.129. The molecule has 2 aromatic rings. The fourth-order valence-corrected chi connectivity index (χ4v) is 2.49. The van der Waals surface area contributed by atoms with Gasteiger partial charge in [0.25, 0.3) is 5.91 Å². The molecular formula is C14H15N3O3S. The van der Waals surface area contributed by atoms with E-state index in [1.807, 2.05) is 6.92 Å². The minimum Gasteiger partial charge on any atom is -0.398 e. The number of anilines is 2. The molecule has 0 aliphatic heterocycles. The van der Waals surface area contributed by atoms with Gasteiger partial charge in [0, 0.05) is 11.3 Å². The van der Waals surface area contributed by atoms with Gasteiger partial charge in [-0.1, -0.05) is 18.2 Å². The highest BCUT2D eigenvalue weighted by molar-refractivity contribution is 7.89. The van der Waals surface area contributed by atoms with Crippen LogP contribution in [0.5, 0.6) is 0 Å². The standard InChI is InChI=1S/C14H15N3O3S/c1-9-6-7-10(8-11(9)15)14(18)17-12-4-2-3-5-13(12)21(16,19)20/h2-8H,15H2,1H3,(H,17,18)(H2,16,19,20). The largest absolute Gasteiger partial charge is 0.398 e. The Morgan fingerprint density at radius 2 is 1.81 bits per heavy atom. The third-order valence-electron chi connectivity index (χ3n) is 2.98. The molecule has 0 spiro atoms. The molecule has 2 rings (SSSR count). The van der Waals surface area contributed by atoms with Crippen molar-refractivity contribution >= 4 is 27.3 Å². The van der Waals surface area contributed by atoms with E-state index in [-0.39, 0.29) is 10.6 Å². The normalized spacial score (nSPS) is 11.1. The zero-order chi connectivity index (χ0) is 15.6. The Morgan fingerprint density at radius 1 is 1.14 bits per heavy atom. The van der Waals surface area contributed by atoms with Gasteiger partial charge in [-0.05, 0) is 36.8 Å². The summed E-state index contributed by atoms with van der Waals surface area (Å²) in [4.78, 5) is 12.0. The SMILES string of the molecule is Cc1ccc(C(=O)Nc2ccccc2S(N)(=O)=O)cc1N. The predicted molar refractivity (Wildman–Crippen MR) is 81.4 cm³/mol. The number of hydrogen-bond donors (Lipinski definition) is 3. The van der Waals surface area contributed by atoms with Crippen molar-refractivity contribution in [1.29, 1.82) is 0 Å². The average Bonchev–Trinajstić information content (AvgIpc) is 2.41. The topological polar surface area (TPSA) is 115 Å². The Balaban J connectivity index is 2.34. The molecule has 0 heterocycles. The van der Waals surface area contributed by atoms with E-state index in [0.29, 0.717) is 11.3 Å². The van der Waals surface area contributed by atoms with Crippen LogP contribution in [0.1, 0.15) is 15.9 Å². The maximum atomic E-state index is 12.2. The number of nitrogen functional groups attached to an aromatic ring is 1. The molecule has 0 radical (unpaired) electrons. The summed E-state index contributed by atoms with van der Waals surface area (Å²) in [6.45, 7) is 1.83. The number of para-hydroxylation sites is 1. The molecule has 2 aromatic carbocycles. The number of sulfonamides is 1. The summed E-state index contributed by atoms with van der Waals surface area (Å²) in [5.74, 6) is -0.460. The number of amides is 1. The molecule has 5 N–H and O–H groups in total. The second-order valence-corrected chi connectivity index (χ2v) is 6.10. The van der Waals surface area contributed by atoms with Crippen molar-refractivity contribution in [3.63, 3.8) is 0 Å². The fourth-order valence-electron chi connectivity index (χ4n) is 1.79. The Kier molecular flexibility index (Phi) is 3.97. The van der Waals surface area contributed by atoms with Crippen molar-refractivity contribution in [2.45, 2.75) is 11.8 Å². The van der Waals surface area contributed by atoms with Crippen LogP contribution in [0.4, 0.5) is 11.4 Å². The summed E-state index contributed by atoms with van der Waals surface area (Å²) in [6, 6.07) is 10.8. The molecule has 6 nitrogen and oxygen atoms in total. The second kappa shape index (κ2) is 5.55. The van der Waals surface area contributed by atoms with Gasteiger partial charge in [0.05, 0.1) is 5.69 Å². The summed E-state index contributed by atoms with van der Waals surface area (Å²) in [5, 5.41) is 7.64. The monoisotopic (exact) mass is 305 g/mol. The molecule has 1 amide bonds. The van der Waals surface area contributed by atoms with Crippen molar-refractivity contribution in [3.05, 3.63) is 53.6 Å². The maximum Gasteiger partial charge on any atom is 0.255 e. The molecule has 0 saturated heterocycles. The van der Waals surface area contributed by atoms with Gasteiger partial charge in [0.1, 0.15) is 4.90 Å². The second-order valence-electron chi connectivity index (χ2n) is 4.57. The van der Waals surface area contributed by atoms with Crippen molar-refractivity contribution in [1.82, 2.24) is 0 Å². The van der Waals surface area contributed by atoms with E-state index in [4.69, 9.17) is 10.9 Å². The lowest BCUT2D eigenvalue weighted by Crippen LogP contribution is -2.18. The highest BCUT2D eigenvalue weighted by Crippen LogP contribution is 2.21. The van der Waals surface area contributed by atoms with Gasteiger partial charge in [-0.2, -0.15) is 0 Å². The summed E-state index contributed by atoms with van der Waals surface area (Å²) in [6.07, 6.45) is 0. The Morgan fingerprint density at radius 3 is 2.43 bits per heavy atom. The van der Waals surface area contributed by atoms with Gasteiger partial charge in [0.2, 0.25) is 10.0 Å². The molecule has 0 aromatic heterocycles. The van der Waals surface area contributed by atoms with Crippen LogP contribution in [0.25, 0.3) is 0 Å². The Bertz CT molecular complexity index is 801. The predicted octanol–water partition coefficient (Wildman–Crippen LogP) is 1.48. The van der Waals surface area contributed by atoms with Crippen LogP contribution in [0.2, 0.25) is 0 Å². The zero-order valence-corrected chi connectivity index (χ0v) is 12.1. The van der Waals surface area contributed by atoms with Crippen molar-refractivity contribution in [2.75, 3.05) is 11.1 Å². The number of carbonyl (C=O) groups excluding carboxylic acids is 1. The zero-order valence-electron chi connectivity index (χ0n) is 11.3. The number of rotatable bonds is 3. The lowest BCUT2D eigenvalue weighted by atomic mass is 10.1. The number of aryl methyl sites for hydroxylation is 1. The third kappa shape index (κ3) is 3.39. The molecule has 0 fully saturated rings. The van der Waals surface area contributed by atoms with Crippen LogP contribution >= 0.6 is 0 Å². The summed E-state index contributed by atoms with van der Waals surface area (Å²) in [5.41, 5.74) is 7.57. The molecule has 0 unspecified atom stereocenters. The van der Waals surface area contributed by atoms with E-state index in [0.717, 1.165) is 5.56 Å². The number of carbonyl (C=O) groups is 1. The number of primary sulfonamides is 1. The van der Waals surface area contributed by atoms with Crippen LogP contribution in [0.15, 0.2) is 47.4 Å². The molecule has 0 aliphatic rings. The molecular weight excluding hydrogens is 290 g/mol. The molecule has 0 atom stereocenters. The van der Waals surface area contributed by atoms with Gasteiger partial charge in [0.15, 0.2) is 0 Å². The van der Waals surface area contributed by atoms with E-state index in [2.05, 4.69) is 5.32 Å². The van der Waals surface area contributed by atoms with Crippen LogP contribution in [0.3, 0.4) is 0 Å². The van der Waals surface area contributed by atoms with E-state index >= 15 is 0 Å². The number of benzene rings is 2. The van der Waals surface area contributed by atoms with Crippen LogP contribution in [-0.4, -0.2) is 14.3 Å². The molecule has 21 heavy (non-hydrogen) atoms. The summed E-state index contributed by atoms with van der Waals surface area (Å²) >= 11 is 0. The van der Waals surface area contributed by atoms with E-state index < -0.39 is 15.9 Å². The van der Waals surface area contributed by atoms with Crippen molar-refractivity contribution in [3.8, 4) is 0 Å². The van der Waals surface area contributed by atoms with Gasteiger partial charge < -0.3 is 11.1 Å². The molecule has 110 valence electrons. The van der Waals surface area contributed by atoms with Crippen LogP contribution in [0, 0.1) is 6.92 Å². The minimum atomic E-state index is -3.92. The lowest BCUT2D eigenvalue weighted by molar-refractivity contribution is 0.102. The first kappa shape index (κ1) is 15.0. The molecule has 0 saturated carbocycles. The van der Waals surface area contributed by atoms with Gasteiger partial charge in [-0.15, -0.1) is 0 Å². The van der Waals surface area contributed by atoms with Gasteiger partial charge >= 0.3 is 0 Å².